The standard InChI is InChI=1S/C33H57F4N5O6Si3/c1-19(43)39-27-22-23(21(34)26(40-27)41-29(44)33(35,36)37)42(18-38-22)28-25(48-51(15,16)32(8,9)10)24(47-50(13,14)31(5,6)7)20(46-28)17-45-49(11,12)30(2,3)4/h18,20,24-25,28H,17H2,1-16H3,(H2,39,40,41,43,44)/t20-,24-,25-,28-/m1/s1. The summed E-state index contributed by atoms with van der Waals surface area (Å²) in [7, 11) is -7.48. The van der Waals surface area contributed by atoms with E-state index in [4.69, 9.17) is 18.0 Å². The Morgan fingerprint density at radius 2 is 1.31 bits per heavy atom. The van der Waals surface area contributed by atoms with Crippen LogP contribution in [0.5, 0.6) is 0 Å². The number of carbonyl (C=O) groups excluding carboxylic acids is 2. The first-order valence-electron chi connectivity index (χ1n) is 17.1. The second kappa shape index (κ2) is 14.2. The van der Waals surface area contributed by atoms with Gasteiger partial charge >= 0.3 is 12.1 Å². The monoisotopic (exact) mass is 779 g/mol. The van der Waals surface area contributed by atoms with Gasteiger partial charge in [0.25, 0.3) is 0 Å². The summed E-state index contributed by atoms with van der Waals surface area (Å²) in [6.45, 7) is 32.9. The fraction of sp³-hybridized carbons (Fsp3) is 0.758. The van der Waals surface area contributed by atoms with Crippen molar-refractivity contribution < 1.29 is 45.2 Å². The molecule has 0 unspecified atom stereocenters. The number of hydrogen-bond acceptors (Lipinski definition) is 8. The van der Waals surface area contributed by atoms with Gasteiger partial charge in [0.05, 0.1) is 12.9 Å². The van der Waals surface area contributed by atoms with Gasteiger partial charge in [-0.15, -0.1) is 0 Å². The van der Waals surface area contributed by atoms with Gasteiger partial charge in [-0.25, -0.2) is 14.4 Å². The lowest BCUT2D eigenvalue weighted by atomic mass is 10.1. The summed E-state index contributed by atoms with van der Waals surface area (Å²) >= 11 is 0. The lowest BCUT2D eigenvalue weighted by molar-refractivity contribution is -0.167. The van der Waals surface area contributed by atoms with Gasteiger partial charge in [0.15, 0.2) is 48.6 Å². The number of nitrogens with zero attached hydrogens (tertiary/aromatic N) is 3. The third-order valence-electron chi connectivity index (χ3n) is 10.9. The Balaban J connectivity index is 2.34. The van der Waals surface area contributed by atoms with Crippen LogP contribution in [0.3, 0.4) is 0 Å². The van der Waals surface area contributed by atoms with Crippen LogP contribution in [0, 0.1) is 5.82 Å². The number of rotatable bonds is 10. The SMILES string of the molecule is CC(=O)Nc1nc(NC(=O)C(F)(F)F)c(F)c2c1ncn2[C@@H]1O[C@H](CO[Si](C)(C)C(C)(C)C)[C@@H](O[Si](C)(C)C(C)(C)C)[C@H]1O[Si](C)(C)C(C)(C)C. The van der Waals surface area contributed by atoms with Crippen LogP contribution in [0.15, 0.2) is 6.33 Å². The molecular formula is C33H57F4N5O6Si3. The van der Waals surface area contributed by atoms with Crippen molar-refractivity contribution >= 4 is 59.4 Å². The van der Waals surface area contributed by atoms with Crippen LogP contribution >= 0.6 is 0 Å². The molecule has 2 aromatic heterocycles. The normalized spacial score (nSPS) is 21.3. The Labute approximate surface area is 302 Å². The second-order valence-electron chi connectivity index (χ2n) is 17.9. The minimum Gasteiger partial charge on any atom is -0.414 e. The fourth-order valence-corrected chi connectivity index (χ4v) is 8.28. The maximum atomic E-state index is 16.4. The van der Waals surface area contributed by atoms with Crippen LogP contribution in [0.2, 0.25) is 54.4 Å². The number of anilines is 2. The van der Waals surface area contributed by atoms with Gasteiger partial charge in [0.2, 0.25) is 5.91 Å². The zero-order chi connectivity index (χ0) is 39.5. The molecule has 290 valence electrons. The van der Waals surface area contributed by atoms with Gasteiger partial charge < -0.3 is 28.6 Å². The van der Waals surface area contributed by atoms with E-state index in [0.29, 0.717) is 0 Å². The van der Waals surface area contributed by atoms with E-state index in [-0.39, 0.29) is 38.6 Å². The maximum absolute atomic E-state index is 16.4. The van der Waals surface area contributed by atoms with Crippen LogP contribution in [0.25, 0.3) is 11.0 Å². The van der Waals surface area contributed by atoms with E-state index in [1.807, 2.05) is 0 Å². The van der Waals surface area contributed by atoms with Crippen molar-refractivity contribution in [3.8, 4) is 0 Å². The lowest BCUT2D eigenvalue weighted by Crippen LogP contribution is -2.54. The van der Waals surface area contributed by atoms with Crippen LogP contribution in [0.1, 0.15) is 75.5 Å². The van der Waals surface area contributed by atoms with Crippen molar-refractivity contribution in [3.63, 3.8) is 0 Å². The highest BCUT2D eigenvalue weighted by Crippen LogP contribution is 2.47. The lowest BCUT2D eigenvalue weighted by Gasteiger charge is -2.44. The molecule has 2 N–H and O–H groups in total. The van der Waals surface area contributed by atoms with Gasteiger partial charge in [0, 0.05) is 6.92 Å². The predicted molar refractivity (Wildman–Crippen MR) is 198 cm³/mol. The smallest absolute Gasteiger partial charge is 0.414 e. The Morgan fingerprint density at radius 3 is 1.76 bits per heavy atom. The molecule has 0 spiro atoms. The number of alkyl halides is 3. The Morgan fingerprint density at radius 1 is 0.824 bits per heavy atom. The average Bonchev–Trinajstić information content (AvgIpc) is 3.49. The first kappa shape index (κ1) is 43.2. The van der Waals surface area contributed by atoms with Crippen molar-refractivity contribution in [2.45, 2.75) is 154 Å². The topological polar surface area (TPSA) is 126 Å². The van der Waals surface area contributed by atoms with E-state index in [9.17, 15) is 22.8 Å². The third-order valence-corrected chi connectivity index (χ3v) is 24.3. The van der Waals surface area contributed by atoms with Crippen LogP contribution < -0.4 is 10.6 Å². The fourth-order valence-electron chi connectivity index (χ4n) is 4.66. The van der Waals surface area contributed by atoms with Crippen molar-refractivity contribution in [1.29, 1.82) is 0 Å². The second-order valence-corrected chi connectivity index (χ2v) is 32.2. The molecule has 11 nitrogen and oxygen atoms in total. The average molecular weight is 780 g/mol. The van der Waals surface area contributed by atoms with E-state index in [1.54, 1.807) is 0 Å². The van der Waals surface area contributed by atoms with E-state index in [1.165, 1.54) is 16.2 Å². The number of halogens is 4. The minimum atomic E-state index is -5.33. The van der Waals surface area contributed by atoms with Crippen molar-refractivity contribution in [1.82, 2.24) is 14.5 Å². The molecule has 1 aliphatic rings. The van der Waals surface area contributed by atoms with E-state index in [2.05, 4.69) is 117 Å². The first-order valence-corrected chi connectivity index (χ1v) is 25.8. The van der Waals surface area contributed by atoms with Gasteiger partial charge in [-0.3, -0.25) is 14.2 Å². The predicted octanol–water partition coefficient (Wildman–Crippen LogP) is 8.73. The molecule has 0 aliphatic carbocycles. The molecule has 3 rings (SSSR count). The molecule has 0 bridgehead atoms. The van der Waals surface area contributed by atoms with Crippen LogP contribution in [0.4, 0.5) is 29.2 Å². The summed E-state index contributed by atoms with van der Waals surface area (Å²) in [5.41, 5.74) is -0.512. The molecule has 18 heteroatoms. The highest BCUT2D eigenvalue weighted by atomic mass is 28.4. The maximum Gasteiger partial charge on any atom is 0.471 e. The van der Waals surface area contributed by atoms with E-state index in [0.717, 1.165) is 6.92 Å². The van der Waals surface area contributed by atoms with Crippen LogP contribution in [-0.4, -0.2) is 82.4 Å². The summed E-state index contributed by atoms with van der Waals surface area (Å²) in [5.74, 6) is -5.76. The molecule has 1 fully saturated rings. The molecule has 2 amide bonds. The van der Waals surface area contributed by atoms with Gasteiger partial charge in [0.1, 0.15) is 29.3 Å². The molecule has 1 saturated heterocycles. The number of pyridine rings is 1. The zero-order valence-electron chi connectivity index (χ0n) is 32.9. The summed E-state index contributed by atoms with van der Waals surface area (Å²) in [6, 6.07) is 0. The van der Waals surface area contributed by atoms with Gasteiger partial charge in [-0.2, -0.15) is 13.2 Å². The quantitative estimate of drug-likeness (QED) is 0.181. The molecular weight excluding hydrogens is 723 g/mol. The Hall–Kier alpha value is -2.23. The highest BCUT2D eigenvalue weighted by Gasteiger charge is 2.55. The summed E-state index contributed by atoms with van der Waals surface area (Å²) in [6.07, 6.45) is -7.43. The summed E-state index contributed by atoms with van der Waals surface area (Å²) in [5, 5.41) is 3.30. The van der Waals surface area contributed by atoms with E-state index < -0.39 is 79.1 Å². The van der Waals surface area contributed by atoms with Crippen molar-refractivity contribution in [2.75, 3.05) is 17.2 Å². The summed E-state index contributed by atoms with van der Waals surface area (Å²) in [4.78, 5) is 32.2. The largest absolute Gasteiger partial charge is 0.471 e. The van der Waals surface area contributed by atoms with E-state index >= 15 is 4.39 Å². The Bertz CT molecular complexity index is 1610. The number of ether oxygens (including phenoxy) is 1. The number of aromatic nitrogens is 3. The minimum absolute atomic E-state index is 0.119. The molecule has 0 radical (unpaired) electrons. The number of imidazole rings is 1. The zero-order valence-corrected chi connectivity index (χ0v) is 35.9. The molecule has 4 atom stereocenters. The Kier molecular flexibility index (Phi) is 12.0. The molecule has 51 heavy (non-hydrogen) atoms. The first-order chi connectivity index (χ1) is 22.7. The number of amides is 2. The van der Waals surface area contributed by atoms with Gasteiger partial charge in [-0.1, -0.05) is 62.3 Å². The van der Waals surface area contributed by atoms with Crippen molar-refractivity contribution in [2.24, 2.45) is 0 Å². The number of hydrogen-bond donors (Lipinski definition) is 2. The molecule has 0 saturated carbocycles. The number of carbonyl (C=O) groups is 2. The summed E-state index contributed by atoms with van der Waals surface area (Å²) < 4.78 is 85.4. The van der Waals surface area contributed by atoms with Crippen molar-refractivity contribution in [3.05, 3.63) is 12.1 Å². The highest BCUT2D eigenvalue weighted by molar-refractivity contribution is 6.75. The molecule has 0 aromatic carbocycles. The van der Waals surface area contributed by atoms with Crippen LogP contribution in [-0.2, 0) is 27.6 Å². The molecule has 3 heterocycles. The number of nitrogens with one attached hydrogen (secondary N) is 2. The molecule has 2 aromatic rings. The molecule has 1 aliphatic heterocycles. The third kappa shape index (κ3) is 9.29. The van der Waals surface area contributed by atoms with Gasteiger partial charge in [-0.05, 0) is 54.4 Å². The number of fused-ring (bicyclic) bond motifs is 1.